The Morgan fingerprint density at radius 3 is 2.38 bits per heavy atom. The highest BCUT2D eigenvalue weighted by Crippen LogP contribution is 2.30. The summed E-state index contributed by atoms with van der Waals surface area (Å²) in [6.07, 6.45) is -2.79. The molecule has 0 amide bonds. The molecule has 0 aliphatic carbocycles. The van der Waals surface area contributed by atoms with Crippen LogP contribution in [0.3, 0.4) is 0 Å². The molecule has 24 heavy (non-hydrogen) atoms. The normalized spacial score (nSPS) is 11.3. The maximum Gasteiger partial charge on any atom is 0.416 e. The average molecular weight is 350 g/mol. The molecule has 122 valence electrons. The fourth-order valence-corrected chi connectivity index (χ4v) is 2.29. The lowest BCUT2D eigenvalue weighted by Gasteiger charge is -2.09. The standard InChI is InChI=1S/C17H11ClF3N3/c18-13-3-1-2-11(10-13)15-8-9-22-16(24-15)23-14-6-4-12(5-7-14)17(19,20)21/h1-10H,(H,22,23,24). The van der Waals surface area contributed by atoms with Crippen molar-refractivity contribution in [1.82, 2.24) is 9.97 Å². The number of hydrogen-bond donors (Lipinski definition) is 1. The van der Waals surface area contributed by atoms with Crippen molar-refractivity contribution >= 4 is 23.2 Å². The number of nitrogens with one attached hydrogen (secondary N) is 1. The maximum absolute atomic E-state index is 12.6. The molecule has 0 bridgehead atoms. The maximum atomic E-state index is 12.6. The molecule has 0 saturated heterocycles. The fourth-order valence-electron chi connectivity index (χ4n) is 2.10. The summed E-state index contributed by atoms with van der Waals surface area (Å²) in [7, 11) is 0. The van der Waals surface area contributed by atoms with Crippen molar-refractivity contribution in [2.45, 2.75) is 6.18 Å². The molecule has 0 aliphatic heterocycles. The van der Waals surface area contributed by atoms with Crippen LogP contribution in [0.4, 0.5) is 24.8 Å². The third kappa shape index (κ3) is 3.83. The van der Waals surface area contributed by atoms with Gasteiger partial charge in [-0.05, 0) is 42.5 Å². The molecule has 3 rings (SSSR count). The van der Waals surface area contributed by atoms with E-state index in [4.69, 9.17) is 11.6 Å². The quantitative estimate of drug-likeness (QED) is 0.672. The van der Waals surface area contributed by atoms with Gasteiger partial charge >= 0.3 is 6.18 Å². The summed E-state index contributed by atoms with van der Waals surface area (Å²) in [6, 6.07) is 13.6. The Morgan fingerprint density at radius 2 is 1.71 bits per heavy atom. The first-order chi connectivity index (χ1) is 11.4. The number of halogens is 4. The zero-order valence-corrected chi connectivity index (χ0v) is 12.9. The lowest BCUT2D eigenvalue weighted by atomic mass is 10.1. The van der Waals surface area contributed by atoms with Gasteiger partial charge in [-0.2, -0.15) is 13.2 Å². The molecule has 0 spiro atoms. The molecule has 1 N–H and O–H groups in total. The molecule has 7 heteroatoms. The van der Waals surface area contributed by atoms with E-state index in [1.165, 1.54) is 12.1 Å². The van der Waals surface area contributed by atoms with Gasteiger partial charge in [0.15, 0.2) is 0 Å². The Balaban J connectivity index is 1.82. The second-order valence-electron chi connectivity index (χ2n) is 4.98. The van der Waals surface area contributed by atoms with Crippen LogP contribution in [0.25, 0.3) is 11.3 Å². The molecule has 0 saturated carbocycles. The van der Waals surface area contributed by atoms with Crippen molar-refractivity contribution in [3.8, 4) is 11.3 Å². The zero-order chi connectivity index (χ0) is 17.2. The van der Waals surface area contributed by atoms with Crippen LogP contribution in [0.15, 0.2) is 60.8 Å². The van der Waals surface area contributed by atoms with Crippen LogP contribution in [0.1, 0.15) is 5.56 Å². The number of alkyl halides is 3. The average Bonchev–Trinajstić information content (AvgIpc) is 2.55. The number of anilines is 2. The summed E-state index contributed by atoms with van der Waals surface area (Å²) < 4.78 is 37.7. The lowest BCUT2D eigenvalue weighted by Crippen LogP contribution is -2.04. The van der Waals surface area contributed by atoms with Crippen molar-refractivity contribution in [3.63, 3.8) is 0 Å². The predicted octanol–water partition coefficient (Wildman–Crippen LogP) is 5.56. The first kappa shape index (κ1) is 16.3. The van der Waals surface area contributed by atoms with Crippen LogP contribution in [-0.2, 0) is 6.18 Å². The summed E-state index contributed by atoms with van der Waals surface area (Å²) in [5.74, 6) is 0.284. The van der Waals surface area contributed by atoms with Crippen LogP contribution in [-0.4, -0.2) is 9.97 Å². The molecule has 0 radical (unpaired) electrons. The van der Waals surface area contributed by atoms with Gasteiger partial charge in [-0.15, -0.1) is 0 Å². The van der Waals surface area contributed by atoms with E-state index in [9.17, 15) is 13.2 Å². The first-order valence-corrected chi connectivity index (χ1v) is 7.33. The summed E-state index contributed by atoms with van der Waals surface area (Å²) in [6.45, 7) is 0. The summed E-state index contributed by atoms with van der Waals surface area (Å²) in [4.78, 5) is 8.42. The lowest BCUT2D eigenvalue weighted by molar-refractivity contribution is -0.137. The Morgan fingerprint density at radius 1 is 0.958 bits per heavy atom. The van der Waals surface area contributed by atoms with Gasteiger partial charge in [0, 0.05) is 22.5 Å². The summed E-state index contributed by atoms with van der Waals surface area (Å²) >= 11 is 5.96. The van der Waals surface area contributed by atoms with Crippen LogP contribution in [0, 0.1) is 0 Å². The monoisotopic (exact) mass is 349 g/mol. The summed E-state index contributed by atoms with van der Waals surface area (Å²) in [5.41, 5.74) is 1.23. The second kappa shape index (κ2) is 6.49. The molecule has 0 aliphatic rings. The van der Waals surface area contributed by atoms with Crippen LogP contribution in [0.2, 0.25) is 5.02 Å². The van der Waals surface area contributed by atoms with Gasteiger partial charge < -0.3 is 5.32 Å². The van der Waals surface area contributed by atoms with Gasteiger partial charge in [-0.1, -0.05) is 23.7 Å². The van der Waals surface area contributed by atoms with E-state index in [-0.39, 0.29) is 5.95 Å². The molecular formula is C17H11ClF3N3. The smallest absolute Gasteiger partial charge is 0.324 e. The Labute approximate surface area is 141 Å². The van der Waals surface area contributed by atoms with Crippen molar-refractivity contribution in [1.29, 1.82) is 0 Å². The van der Waals surface area contributed by atoms with Gasteiger partial charge in [0.2, 0.25) is 5.95 Å². The number of rotatable bonds is 3. The van der Waals surface area contributed by atoms with E-state index in [1.54, 1.807) is 24.4 Å². The van der Waals surface area contributed by atoms with Gasteiger partial charge in [-0.25, -0.2) is 9.97 Å². The van der Waals surface area contributed by atoms with E-state index in [0.717, 1.165) is 17.7 Å². The predicted molar refractivity (Wildman–Crippen MR) is 87.2 cm³/mol. The van der Waals surface area contributed by atoms with Gasteiger partial charge in [-0.3, -0.25) is 0 Å². The molecule has 1 heterocycles. The van der Waals surface area contributed by atoms with Crippen molar-refractivity contribution < 1.29 is 13.2 Å². The van der Waals surface area contributed by atoms with Gasteiger partial charge in [0.25, 0.3) is 0 Å². The van der Waals surface area contributed by atoms with E-state index in [1.807, 2.05) is 12.1 Å². The number of benzene rings is 2. The minimum absolute atomic E-state index is 0.284. The molecule has 0 unspecified atom stereocenters. The largest absolute Gasteiger partial charge is 0.416 e. The Kier molecular flexibility index (Phi) is 4.40. The highest BCUT2D eigenvalue weighted by Gasteiger charge is 2.29. The number of hydrogen-bond acceptors (Lipinski definition) is 3. The van der Waals surface area contributed by atoms with Crippen molar-refractivity contribution in [3.05, 3.63) is 71.4 Å². The van der Waals surface area contributed by atoms with Crippen LogP contribution < -0.4 is 5.32 Å². The summed E-state index contributed by atoms with van der Waals surface area (Å²) in [5, 5.41) is 3.47. The highest BCUT2D eigenvalue weighted by molar-refractivity contribution is 6.30. The number of nitrogens with zero attached hydrogens (tertiary/aromatic N) is 2. The molecule has 2 aromatic carbocycles. The van der Waals surface area contributed by atoms with Gasteiger partial charge in [0.05, 0.1) is 11.3 Å². The molecular weight excluding hydrogens is 339 g/mol. The zero-order valence-electron chi connectivity index (χ0n) is 12.2. The highest BCUT2D eigenvalue weighted by atomic mass is 35.5. The minimum Gasteiger partial charge on any atom is -0.324 e. The SMILES string of the molecule is FC(F)(F)c1ccc(Nc2nccc(-c3cccc(Cl)c3)n2)cc1. The van der Waals surface area contributed by atoms with Crippen molar-refractivity contribution in [2.24, 2.45) is 0 Å². The van der Waals surface area contributed by atoms with Gasteiger partial charge in [0.1, 0.15) is 0 Å². The molecule has 3 aromatic rings. The molecule has 0 fully saturated rings. The van der Waals surface area contributed by atoms with Crippen LogP contribution >= 0.6 is 11.6 Å². The fraction of sp³-hybridized carbons (Fsp3) is 0.0588. The molecule has 0 atom stereocenters. The molecule has 3 nitrogen and oxygen atoms in total. The van der Waals surface area contributed by atoms with E-state index in [0.29, 0.717) is 16.4 Å². The topological polar surface area (TPSA) is 37.8 Å². The Bertz CT molecular complexity index is 848. The number of aromatic nitrogens is 2. The van der Waals surface area contributed by atoms with E-state index < -0.39 is 11.7 Å². The minimum atomic E-state index is -4.36. The first-order valence-electron chi connectivity index (χ1n) is 6.95. The van der Waals surface area contributed by atoms with Crippen molar-refractivity contribution in [2.75, 3.05) is 5.32 Å². The third-order valence-corrected chi connectivity index (χ3v) is 3.48. The van der Waals surface area contributed by atoms with E-state index >= 15 is 0 Å². The molecule has 1 aromatic heterocycles. The van der Waals surface area contributed by atoms with Crippen LogP contribution in [0.5, 0.6) is 0 Å². The third-order valence-electron chi connectivity index (χ3n) is 3.24. The second-order valence-corrected chi connectivity index (χ2v) is 5.41. The van der Waals surface area contributed by atoms with E-state index in [2.05, 4.69) is 15.3 Å². The Hall–Kier alpha value is -2.60.